The first-order chi connectivity index (χ1) is 10.2. The van der Waals surface area contributed by atoms with E-state index in [1.54, 1.807) is 0 Å². The van der Waals surface area contributed by atoms with Gasteiger partial charge >= 0.3 is 0 Å². The Morgan fingerprint density at radius 3 is 2.86 bits per heavy atom. The molecular weight excluding hydrogens is 336 g/mol. The Morgan fingerprint density at radius 2 is 2.10 bits per heavy atom. The maximum atomic E-state index is 11.7. The molecule has 7 nitrogen and oxygen atoms in total. The third kappa shape index (κ3) is 1.97. The van der Waals surface area contributed by atoms with Crippen molar-refractivity contribution in [3.8, 4) is 0 Å². The zero-order valence-electron chi connectivity index (χ0n) is 11.4. The summed E-state index contributed by atoms with van der Waals surface area (Å²) >= 11 is 3.36. The Labute approximate surface area is 129 Å². The fourth-order valence-corrected chi connectivity index (χ4v) is 2.98. The monoisotopic (exact) mass is 348 g/mol. The molecule has 4 rings (SSSR count). The number of fused-ring (bicyclic) bond motifs is 3. The van der Waals surface area contributed by atoms with Gasteiger partial charge in [0.05, 0.1) is 0 Å². The number of hydrogen-bond donors (Lipinski definition) is 1. The van der Waals surface area contributed by atoms with Crippen LogP contribution in [0.1, 0.15) is 0 Å². The largest absolute Gasteiger partial charge is 0.350 e. The fraction of sp³-hybridized carbons (Fsp3) is 0.385. The molecule has 1 aromatic heterocycles. The SMILES string of the molecule is CNC1CN(C2=Nc3ccc(Br)nc3N3CC(=O)N=C23)C1. The van der Waals surface area contributed by atoms with Crippen molar-refractivity contribution in [1.82, 2.24) is 15.2 Å². The van der Waals surface area contributed by atoms with Crippen molar-refractivity contribution in [1.29, 1.82) is 0 Å². The third-order valence-electron chi connectivity index (χ3n) is 3.87. The van der Waals surface area contributed by atoms with Gasteiger partial charge in [-0.25, -0.2) is 9.98 Å². The smallest absolute Gasteiger partial charge is 0.267 e. The van der Waals surface area contributed by atoms with E-state index in [2.05, 4.69) is 41.1 Å². The molecule has 0 spiro atoms. The number of nitrogens with one attached hydrogen (secondary N) is 1. The number of aliphatic imine (C=N–C) groups is 2. The van der Waals surface area contributed by atoms with E-state index >= 15 is 0 Å². The minimum atomic E-state index is -0.155. The number of amides is 1. The molecule has 3 aliphatic heterocycles. The van der Waals surface area contributed by atoms with Gasteiger partial charge in [0.25, 0.3) is 5.91 Å². The molecule has 1 N–H and O–H groups in total. The summed E-state index contributed by atoms with van der Waals surface area (Å²) in [5.41, 5.74) is 0.773. The minimum Gasteiger partial charge on any atom is -0.350 e. The van der Waals surface area contributed by atoms with Gasteiger partial charge in [-0.05, 0) is 35.1 Å². The lowest BCUT2D eigenvalue weighted by Gasteiger charge is -2.42. The first-order valence-electron chi connectivity index (χ1n) is 6.72. The topological polar surface area (TPSA) is 73.2 Å². The maximum absolute atomic E-state index is 11.7. The lowest BCUT2D eigenvalue weighted by Crippen LogP contribution is -2.62. The third-order valence-corrected chi connectivity index (χ3v) is 4.31. The Hall–Kier alpha value is -1.80. The van der Waals surface area contributed by atoms with Crippen molar-refractivity contribution in [2.75, 3.05) is 31.6 Å². The van der Waals surface area contributed by atoms with Crippen LogP contribution in [0.2, 0.25) is 0 Å². The highest BCUT2D eigenvalue weighted by atomic mass is 79.9. The van der Waals surface area contributed by atoms with Crippen molar-refractivity contribution < 1.29 is 4.79 Å². The molecule has 0 saturated carbocycles. The molecule has 21 heavy (non-hydrogen) atoms. The van der Waals surface area contributed by atoms with Crippen LogP contribution in [0, 0.1) is 0 Å². The number of anilines is 1. The van der Waals surface area contributed by atoms with E-state index in [9.17, 15) is 4.79 Å². The predicted octanol–water partition coefficient (Wildman–Crippen LogP) is 0.536. The number of carbonyl (C=O) groups excluding carboxylic acids is 1. The van der Waals surface area contributed by atoms with Gasteiger partial charge in [0.1, 0.15) is 16.8 Å². The number of hydrogen-bond acceptors (Lipinski definition) is 6. The highest BCUT2D eigenvalue weighted by molar-refractivity contribution is 9.10. The Morgan fingerprint density at radius 1 is 1.29 bits per heavy atom. The average molecular weight is 349 g/mol. The molecule has 1 aromatic rings. The minimum absolute atomic E-state index is 0.155. The first-order valence-corrected chi connectivity index (χ1v) is 7.52. The van der Waals surface area contributed by atoms with E-state index in [0.717, 1.165) is 29.2 Å². The molecule has 0 radical (unpaired) electrons. The molecule has 1 amide bonds. The van der Waals surface area contributed by atoms with Gasteiger partial charge in [-0.2, -0.15) is 4.99 Å². The number of likely N-dealkylation sites (N-methyl/N-ethyl adjacent to an activating group) is 1. The fourth-order valence-electron chi connectivity index (χ4n) is 2.68. The second-order valence-corrected chi connectivity index (χ2v) is 6.03. The van der Waals surface area contributed by atoms with E-state index in [1.165, 1.54) is 0 Å². The van der Waals surface area contributed by atoms with Gasteiger partial charge in [-0.1, -0.05) is 0 Å². The number of carbonyl (C=O) groups is 1. The molecule has 0 aromatic carbocycles. The molecule has 3 aliphatic rings. The molecule has 0 aliphatic carbocycles. The summed E-state index contributed by atoms with van der Waals surface area (Å²) < 4.78 is 0.720. The van der Waals surface area contributed by atoms with E-state index in [-0.39, 0.29) is 12.5 Å². The van der Waals surface area contributed by atoms with Crippen molar-refractivity contribution in [3.05, 3.63) is 16.7 Å². The Bertz CT molecular complexity index is 694. The summed E-state index contributed by atoms with van der Waals surface area (Å²) in [4.78, 5) is 28.9. The summed E-state index contributed by atoms with van der Waals surface area (Å²) in [6.45, 7) is 1.97. The standard InChI is InChI=1S/C13H13BrN6O/c1-15-7-4-19(5-7)12-13-18-10(21)6-20(13)11-8(16-12)2-3-9(14)17-11/h2-3,7,15H,4-6H2,1H3. The van der Waals surface area contributed by atoms with Crippen LogP contribution < -0.4 is 10.2 Å². The quantitative estimate of drug-likeness (QED) is 0.749. The van der Waals surface area contributed by atoms with Crippen LogP contribution in [0.15, 0.2) is 26.7 Å². The summed E-state index contributed by atoms with van der Waals surface area (Å²) in [5.74, 6) is 1.91. The highest BCUT2D eigenvalue weighted by Crippen LogP contribution is 2.35. The van der Waals surface area contributed by atoms with Crippen LogP contribution in [-0.4, -0.2) is 60.2 Å². The first kappa shape index (κ1) is 12.9. The van der Waals surface area contributed by atoms with E-state index in [0.29, 0.717) is 17.7 Å². The number of nitrogens with zero attached hydrogens (tertiary/aromatic N) is 5. The van der Waals surface area contributed by atoms with Gasteiger partial charge in [0.2, 0.25) is 0 Å². The number of rotatable bonds is 1. The molecule has 8 heteroatoms. The number of aromatic nitrogens is 1. The van der Waals surface area contributed by atoms with Gasteiger partial charge in [-0.15, -0.1) is 0 Å². The Balaban J connectivity index is 1.77. The number of likely N-dealkylation sites (tertiary alicyclic amines) is 1. The summed E-state index contributed by atoms with van der Waals surface area (Å²) in [6, 6.07) is 4.22. The van der Waals surface area contributed by atoms with E-state index in [1.807, 2.05) is 24.1 Å². The van der Waals surface area contributed by atoms with Crippen molar-refractivity contribution in [2.45, 2.75) is 6.04 Å². The zero-order valence-corrected chi connectivity index (χ0v) is 13.0. The summed E-state index contributed by atoms with van der Waals surface area (Å²) in [6.07, 6.45) is 0. The lowest BCUT2D eigenvalue weighted by atomic mass is 10.1. The van der Waals surface area contributed by atoms with Crippen LogP contribution in [0.4, 0.5) is 11.5 Å². The van der Waals surface area contributed by atoms with Crippen LogP contribution in [-0.2, 0) is 4.79 Å². The summed E-state index contributed by atoms with van der Waals surface area (Å²) in [5, 5.41) is 3.23. The molecule has 0 bridgehead atoms. The number of pyridine rings is 1. The normalized spacial score (nSPS) is 20.8. The maximum Gasteiger partial charge on any atom is 0.267 e. The molecular formula is C13H13BrN6O. The van der Waals surface area contributed by atoms with Crippen LogP contribution in [0.3, 0.4) is 0 Å². The molecule has 4 heterocycles. The predicted molar refractivity (Wildman–Crippen MR) is 83.2 cm³/mol. The Kier molecular flexibility index (Phi) is 2.83. The molecule has 108 valence electrons. The second kappa shape index (κ2) is 4.60. The van der Waals surface area contributed by atoms with Crippen molar-refractivity contribution in [2.24, 2.45) is 9.98 Å². The van der Waals surface area contributed by atoms with Crippen LogP contribution in [0.25, 0.3) is 0 Å². The average Bonchev–Trinajstić information content (AvgIpc) is 2.80. The van der Waals surface area contributed by atoms with Crippen molar-refractivity contribution in [3.63, 3.8) is 0 Å². The number of amidine groups is 2. The second-order valence-electron chi connectivity index (χ2n) is 5.22. The van der Waals surface area contributed by atoms with E-state index in [4.69, 9.17) is 0 Å². The van der Waals surface area contributed by atoms with Gasteiger partial charge < -0.3 is 10.2 Å². The van der Waals surface area contributed by atoms with Gasteiger partial charge in [-0.3, -0.25) is 9.69 Å². The molecule has 0 atom stereocenters. The van der Waals surface area contributed by atoms with Crippen molar-refractivity contribution >= 4 is 45.0 Å². The zero-order chi connectivity index (χ0) is 14.6. The molecule has 1 saturated heterocycles. The molecule has 1 fully saturated rings. The van der Waals surface area contributed by atoms with Crippen LogP contribution in [0.5, 0.6) is 0 Å². The van der Waals surface area contributed by atoms with E-state index < -0.39 is 0 Å². The highest BCUT2D eigenvalue weighted by Gasteiger charge is 2.40. The molecule has 0 unspecified atom stereocenters. The van der Waals surface area contributed by atoms with Gasteiger partial charge in [0.15, 0.2) is 17.5 Å². The van der Waals surface area contributed by atoms with Crippen LogP contribution >= 0.6 is 15.9 Å². The number of halogens is 1. The summed E-state index contributed by atoms with van der Waals surface area (Å²) in [7, 11) is 1.95. The van der Waals surface area contributed by atoms with Gasteiger partial charge in [0, 0.05) is 19.1 Å². The lowest BCUT2D eigenvalue weighted by molar-refractivity contribution is -0.115.